The van der Waals surface area contributed by atoms with Gasteiger partial charge in [-0.05, 0) is 48.6 Å². The van der Waals surface area contributed by atoms with E-state index >= 15 is 0 Å². The molecular weight excluding hydrogens is 144 g/mol. The second-order valence-corrected chi connectivity index (χ2v) is 4.18. The molecule has 1 saturated carbocycles. The highest BCUT2D eigenvalue weighted by Gasteiger charge is 2.35. The van der Waals surface area contributed by atoms with E-state index in [4.69, 9.17) is 0 Å². The molecule has 0 heteroatoms. The maximum absolute atomic E-state index is 2.34. The summed E-state index contributed by atoms with van der Waals surface area (Å²) in [6.45, 7) is 0. The van der Waals surface area contributed by atoms with Crippen LogP contribution in [0.3, 0.4) is 0 Å². The molecular formula is C12H14. The predicted octanol–water partition coefficient (Wildman–Crippen LogP) is 3.13. The minimum absolute atomic E-state index is 0.940. The van der Waals surface area contributed by atoms with Crippen molar-refractivity contribution in [3.63, 3.8) is 0 Å². The molecule has 1 fully saturated rings. The smallest absolute Gasteiger partial charge is 0.0131 e. The molecule has 0 amide bonds. The van der Waals surface area contributed by atoms with Gasteiger partial charge in [0.05, 0.1) is 0 Å². The van der Waals surface area contributed by atoms with Crippen LogP contribution in [0.5, 0.6) is 0 Å². The summed E-state index contributed by atoms with van der Waals surface area (Å²) in [5, 5.41) is 0. The van der Waals surface area contributed by atoms with Gasteiger partial charge in [0.25, 0.3) is 0 Å². The lowest BCUT2D eigenvalue weighted by Crippen LogP contribution is -2.28. The quantitative estimate of drug-likeness (QED) is 0.544. The minimum Gasteiger partial charge on any atom is -0.0620 e. The fourth-order valence-corrected chi connectivity index (χ4v) is 2.79. The molecule has 0 nitrogen and oxygen atoms in total. The van der Waals surface area contributed by atoms with Crippen molar-refractivity contribution in [3.8, 4) is 0 Å². The summed E-state index contributed by atoms with van der Waals surface area (Å²) in [7, 11) is 0. The molecule has 1 aromatic carbocycles. The second kappa shape index (κ2) is 2.35. The van der Waals surface area contributed by atoms with Crippen molar-refractivity contribution in [2.24, 2.45) is 5.92 Å². The molecule has 62 valence electrons. The third-order valence-corrected chi connectivity index (χ3v) is 3.66. The number of aryl methyl sites for hydroxylation is 1. The third kappa shape index (κ3) is 0.782. The Balaban J connectivity index is 2.07. The number of hydrogen-bond acceptors (Lipinski definition) is 0. The van der Waals surface area contributed by atoms with Gasteiger partial charge in [0.2, 0.25) is 0 Å². The lowest BCUT2D eigenvalue weighted by atomic mass is 9.63. The van der Waals surface area contributed by atoms with Crippen LogP contribution >= 0.6 is 0 Å². The van der Waals surface area contributed by atoms with E-state index in [1.54, 1.807) is 11.1 Å². The Hall–Kier alpha value is -0.780. The fraction of sp³-hybridized carbons (Fsp3) is 0.500. The Morgan fingerprint density at radius 1 is 1.00 bits per heavy atom. The van der Waals surface area contributed by atoms with Crippen LogP contribution in [0.4, 0.5) is 0 Å². The van der Waals surface area contributed by atoms with Gasteiger partial charge in [-0.3, -0.25) is 0 Å². The standard InChI is InChI=1S/C12H14/c1-2-4-11-9(3-1)5-6-10-7-8-12(10)11/h1-4,10,12H,5-8H2. The maximum Gasteiger partial charge on any atom is -0.0131 e. The van der Waals surface area contributed by atoms with E-state index in [-0.39, 0.29) is 0 Å². The molecule has 2 aliphatic carbocycles. The SMILES string of the molecule is c1ccc2c(c1)CCC1CCC21. The summed E-state index contributed by atoms with van der Waals surface area (Å²) in [5.74, 6) is 1.98. The number of rotatable bonds is 0. The highest BCUT2D eigenvalue weighted by molar-refractivity contribution is 5.34. The summed E-state index contributed by atoms with van der Waals surface area (Å²) in [6.07, 6.45) is 5.71. The molecule has 0 heterocycles. The van der Waals surface area contributed by atoms with Crippen LogP contribution in [-0.4, -0.2) is 0 Å². The highest BCUT2D eigenvalue weighted by atomic mass is 14.4. The molecule has 0 spiro atoms. The molecule has 0 saturated heterocycles. The van der Waals surface area contributed by atoms with Gasteiger partial charge in [0, 0.05) is 0 Å². The van der Waals surface area contributed by atoms with Gasteiger partial charge in [-0.25, -0.2) is 0 Å². The predicted molar refractivity (Wildman–Crippen MR) is 50.2 cm³/mol. The van der Waals surface area contributed by atoms with Gasteiger partial charge in [0.1, 0.15) is 0 Å². The van der Waals surface area contributed by atoms with Crippen molar-refractivity contribution < 1.29 is 0 Å². The number of hydrogen-bond donors (Lipinski definition) is 0. The van der Waals surface area contributed by atoms with Gasteiger partial charge in [0.15, 0.2) is 0 Å². The second-order valence-electron chi connectivity index (χ2n) is 4.18. The summed E-state index contributed by atoms with van der Waals surface area (Å²) in [6, 6.07) is 9.02. The van der Waals surface area contributed by atoms with E-state index in [0.717, 1.165) is 11.8 Å². The Morgan fingerprint density at radius 2 is 1.92 bits per heavy atom. The van der Waals surface area contributed by atoms with Crippen LogP contribution in [0, 0.1) is 5.92 Å². The Morgan fingerprint density at radius 3 is 2.75 bits per heavy atom. The first-order chi connectivity index (χ1) is 5.95. The Kier molecular flexibility index (Phi) is 1.31. The topological polar surface area (TPSA) is 0 Å². The Labute approximate surface area is 73.6 Å². The number of fused-ring (bicyclic) bond motifs is 3. The molecule has 0 bridgehead atoms. The van der Waals surface area contributed by atoms with Crippen molar-refractivity contribution in [2.45, 2.75) is 31.6 Å². The molecule has 2 unspecified atom stereocenters. The molecule has 0 aliphatic heterocycles. The van der Waals surface area contributed by atoms with Crippen molar-refractivity contribution in [2.75, 3.05) is 0 Å². The largest absolute Gasteiger partial charge is 0.0620 e. The van der Waals surface area contributed by atoms with Crippen molar-refractivity contribution in [1.29, 1.82) is 0 Å². The van der Waals surface area contributed by atoms with Gasteiger partial charge in [-0.2, -0.15) is 0 Å². The monoisotopic (exact) mass is 158 g/mol. The van der Waals surface area contributed by atoms with E-state index in [1.807, 2.05) is 0 Å². The van der Waals surface area contributed by atoms with Crippen LogP contribution in [0.1, 0.15) is 36.3 Å². The third-order valence-electron chi connectivity index (χ3n) is 3.66. The fourth-order valence-electron chi connectivity index (χ4n) is 2.79. The van der Waals surface area contributed by atoms with Crippen molar-refractivity contribution >= 4 is 0 Å². The molecule has 0 radical (unpaired) electrons. The highest BCUT2D eigenvalue weighted by Crippen LogP contribution is 2.49. The lowest BCUT2D eigenvalue weighted by Gasteiger charge is -2.42. The molecule has 0 aromatic heterocycles. The van der Waals surface area contributed by atoms with E-state index < -0.39 is 0 Å². The van der Waals surface area contributed by atoms with Gasteiger partial charge in [-0.15, -0.1) is 0 Å². The van der Waals surface area contributed by atoms with Gasteiger partial charge in [-0.1, -0.05) is 24.3 Å². The zero-order valence-electron chi connectivity index (χ0n) is 7.29. The summed E-state index contributed by atoms with van der Waals surface area (Å²) >= 11 is 0. The first-order valence-electron chi connectivity index (χ1n) is 5.03. The van der Waals surface area contributed by atoms with Crippen LogP contribution in [0.25, 0.3) is 0 Å². The average Bonchev–Trinajstić information content (AvgIpc) is 2.05. The van der Waals surface area contributed by atoms with Crippen molar-refractivity contribution in [1.82, 2.24) is 0 Å². The summed E-state index contributed by atoms with van der Waals surface area (Å²) < 4.78 is 0. The summed E-state index contributed by atoms with van der Waals surface area (Å²) in [4.78, 5) is 0. The first kappa shape index (κ1) is 6.71. The van der Waals surface area contributed by atoms with Crippen LogP contribution in [0.2, 0.25) is 0 Å². The normalized spacial score (nSPS) is 31.7. The average molecular weight is 158 g/mol. The van der Waals surface area contributed by atoms with Crippen molar-refractivity contribution in [3.05, 3.63) is 35.4 Å². The van der Waals surface area contributed by atoms with Gasteiger partial charge < -0.3 is 0 Å². The van der Waals surface area contributed by atoms with E-state index in [1.165, 1.54) is 25.7 Å². The minimum atomic E-state index is 0.940. The summed E-state index contributed by atoms with van der Waals surface area (Å²) in [5.41, 5.74) is 3.29. The van der Waals surface area contributed by atoms with E-state index in [0.29, 0.717) is 0 Å². The molecule has 0 N–H and O–H groups in total. The van der Waals surface area contributed by atoms with Crippen LogP contribution < -0.4 is 0 Å². The molecule has 2 aliphatic rings. The molecule has 3 rings (SSSR count). The first-order valence-corrected chi connectivity index (χ1v) is 5.03. The van der Waals surface area contributed by atoms with E-state index in [2.05, 4.69) is 24.3 Å². The molecule has 12 heavy (non-hydrogen) atoms. The zero-order valence-corrected chi connectivity index (χ0v) is 7.29. The maximum atomic E-state index is 2.34. The lowest BCUT2D eigenvalue weighted by molar-refractivity contribution is 0.224. The Bertz CT molecular complexity index is 301. The van der Waals surface area contributed by atoms with Crippen LogP contribution in [0.15, 0.2) is 24.3 Å². The molecule has 2 atom stereocenters. The molecule has 1 aromatic rings. The number of benzene rings is 1. The zero-order chi connectivity index (χ0) is 7.97. The van der Waals surface area contributed by atoms with E-state index in [9.17, 15) is 0 Å². The van der Waals surface area contributed by atoms with Crippen LogP contribution in [-0.2, 0) is 6.42 Å². The van der Waals surface area contributed by atoms with Gasteiger partial charge >= 0.3 is 0 Å².